The number of hydrogen-bond donors (Lipinski definition) is 1. The number of nitrogens with zero attached hydrogens (tertiary/aromatic N) is 2. The zero-order valence-corrected chi connectivity index (χ0v) is 14.2. The Balaban J connectivity index is 1.64. The first kappa shape index (κ1) is 16.4. The number of para-hydroxylation sites is 1. The van der Waals surface area contributed by atoms with Crippen molar-refractivity contribution in [1.29, 1.82) is 0 Å². The molecule has 1 aliphatic heterocycles. The molecule has 2 unspecified atom stereocenters. The third-order valence-electron chi connectivity index (χ3n) is 4.39. The smallest absolute Gasteiger partial charge is 0.220 e. The van der Waals surface area contributed by atoms with Crippen LogP contribution in [0, 0.1) is 5.92 Å². The highest BCUT2D eigenvalue weighted by atomic mass is 16.5. The van der Waals surface area contributed by atoms with Gasteiger partial charge in [0.05, 0.1) is 12.1 Å². The van der Waals surface area contributed by atoms with Gasteiger partial charge in [-0.2, -0.15) is 0 Å². The summed E-state index contributed by atoms with van der Waals surface area (Å²) in [7, 11) is 0. The monoisotopic (exact) mass is 325 g/mol. The molecule has 1 aliphatic rings. The van der Waals surface area contributed by atoms with Crippen molar-refractivity contribution in [3.63, 3.8) is 0 Å². The van der Waals surface area contributed by atoms with E-state index in [4.69, 9.17) is 4.74 Å². The van der Waals surface area contributed by atoms with E-state index in [9.17, 15) is 4.79 Å². The van der Waals surface area contributed by atoms with Crippen molar-refractivity contribution in [3.05, 3.63) is 42.2 Å². The van der Waals surface area contributed by atoms with Crippen LogP contribution in [0.5, 0.6) is 5.75 Å². The number of amides is 1. The molecule has 1 aromatic heterocycles. The number of aromatic nitrogens is 2. The van der Waals surface area contributed by atoms with E-state index >= 15 is 0 Å². The van der Waals surface area contributed by atoms with Crippen LogP contribution in [0.25, 0.3) is 11.4 Å². The van der Waals surface area contributed by atoms with Crippen LogP contribution in [-0.2, 0) is 11.2 Å². The predicted octanol–water partition coefficient (Wildman–Crippen LogP) is 3.00. The maximum atomic E-state index is 11.9. The molecular formula is C19H23N3O2. The summed E-state index contributed by atoms with van der Waals surface area (Å²) in [6, 6.07) is 7.82. The summed E-state index contributed by atoms with van der Waals surface area (Å²) in [6.07, 6.45) is 5.79. The van der Waals surface area contributed by atoms with Crippen molar-refractivity contribution >= 4 is 5.91 Å². The molecule has 3 rings (SSSR count). The molecule has 5 heteroatoms. The van der Waals surface area contributed by atoms with Gasteiger partial charge in [-0.15, -0.1) is 0 Å². The van der Waals surface area contributed by atoms with Crippen LogP contribution in [0.15, 0.2) is 36.7 Å². The van der Waals surface area contributed by atoms with E-state index in [1.807, 2.05) is 12.1 Å². The van der Waals surface area contributed by atoms with Gasteiger partial charge in [0.2, 0.25) is 5.91 Å². The summed E-state index contributed by atoms with van der Waals surface area (Å²) in [5, 5.41) is 2.99. The lowest BCUT2D eigenvalue weighted by molar-refractivity contribution is -0.122. The van der Waals surface area contributed by atoms with Gasteiger partial charge in [0.25, 0.3) is 0 Å². The fraction of sp³-hybridized carbons (Fsp3) is 0.421. The molecule has 1 amide bonds. The van der Waals surface area contributed by atoms with Gasteiger partial charge in [-0.1, -0.05) is 32.4 Å². The lowest BCUT2D eigenvalue weighted by Gasteiger charge is -2.14. The van der Waals surface area contributed by atoms with Gasteiger partial charge in [-0.25, -0.2) is 9.97 Å². The largest absolute Gasteiger partial charge is 0.487 e. The predicted molar refractivity (Wildman–Crippen MR) is 92.7 cm³/mol. The van der Waals surface area contributed by atoms with Gasteiger partial charge >= 0.3 is 0 Å². The van der Waals surface area contributed by atoms with E-state index in [0.717, 1.165) is 29.7 Å². The fourth-order valence-corrected chi connectivity index (χ4v) is 2.83. The Morgan fingerprint density at radius 2 is 2.12 bits per heavy atom. The van der Waals surface area contributed by atoms with Gasteiger partial charge in [0.1, 0.15) is 11.9 Å². The van der Waals surface area contributed by atoms with Crippen LogP contribution < -0.4 is 10.1 Å². The van der Waals surface area contributed by atoms with Gasteiger partial charge < -0.3 is 10.1 Å². The summed E-state index contributed by atoms with van der Waals surface area (Å²) in [5.74, 6) is 2.00. The molecule has 2 heterocycles. The fourth-order valence-electron chi connectivity index (χ4n) is 2.83. The molecule has 0 bridgehead atoms. The third kappa shape index (κ3) is 3.72. The van der Waals surface area contributed by atoms with Gasteiger partial charge in [-0.3, -0.25) is 4.79 Å². The van der Waals surface area contributed by atoms with E-state index in [1.54, 1.807) is 18.5 Å². The molecular weight excluding hydrogens is 302 g/mol. The number of benzene rings is 1. The van der Waals surface area contributed by atoms with Gasteiger partial charge in [-0.05, 0) is 23.6 Å². The van der Waals surface area contributed by atoms with Crippen LogP contribution in [-0.4, -0.2) is 28.5 Å². The standard InChI is InChI=1S/C19H23N3O2/c1-3-13(2)10-17(23)22-12-15-11-14-6-4-7-16(18(14)24-15)19-20-8-5-9-21-19/h4-9,13,15H,3,10-12H2,1-2H3,(H,22,23). The molecule has 5 nitrogen and oxygen atoms in total. The molecule has 126 valence electrons. The highest BCUT2D eigenvalue weighted by Crippen LogP contribution is 2.37. The van der Waals surface area contributed by atoms with Gasteiger partial charge in [0.15, 0.2) is 5.82 Å². The first-order valence-corrected chi connectivity index (χ1v) is 8.50. The Bertz CT molecular complexity index is 703. The molecule has 0 radical (unpaired) electrons. The number of rotatable bonds is 6. The van der Waals surface area contributed by atoms with Crippen LogP contribution in [0.1, 0.15) is 32.3 Å². The Morgan fingerprint density at radius 1 is 1.33 bits per heavy atom. The quantitative estimate of drug-likeness (QED) is 0.887. The van der Waals surface area contributed by atoms with Crippen molar-refractivity contribution in [2.75, 3.05) is 6.54 Å². The lowest BCUT2D eigenvalue weighted by atomic mass is 10.0. The number of carbonyl (C=O) groups is 1. The molecule has 2 aromatic rings. The highest BCUT2D eigenvalue weighted by molar-refractivity contribution is 5.76. The minimum atomic E-state index is -0.0363. The third-order valence-corrected chi connectivity index (χ3v) is 4.39. The maximum Gasteiger partial charge on any atom is 0.220 e. The molecule has 0 fully saturated rings. The average molecular weight is 325 g/mol. The normalized spacial score (nSPS) is 17.0. The van der Waals surface area contributed by atoms with Crippen molar-refractivity contribution in [1.82, 2.24) is 15.3 Å². The van der Waals surface area contributed by atoms with E-state index in [1.165, 1.54) is 0 Å². The number of fused-ring (bicyclic) bond motifs is 1. The van der Waals surface area contributed by atoms with Crippen LogP contribution in [0.4, 0.5) is 0 Å². The van der Waals surface area contributed by atoms with Crippen molar-refractivity contribution < 1.29 is 9.53 Å². The number of nitrogens with one attached hydrogen (secondary N) is 1. The number of carbonyl (C=O) groups excluding carboxylic acids is 1. The summed E-state index contributed by atoms with van der Waals surface area (Å²) in [6.45, 7) is 4.72. The minimum absolute atomic E-state index is 0.0363. The molecule has 0 saturated heterocycles. The number of hydrogen-bond acceptors (Lipinski definition) is 4. The second-order valence-electron chi connectivity index (χ2n) is 6.33. The molecule has 0 spiro atoms. The van der Waals surface area contributed by atoms with Crippen LogP contribution in [0.3, 0.4) is 0 Å². The number of ether oxygens (including phenoxy) is 1. The molecule has 0 aliphatic carbocycles. The summed E-state index contributed by atoms with van der Waals surface area (Å²) in [5.41, 5.74) is 2.04. The summed E-state index contributed by atoms with van der Waals surface area (Å²) < 4.78 is 6.08. The Morgan fingerprint density at radius 3 is 2.88 bits per heavy atom. The molecule has 0 saturated carbocycles. The zero-order valence-electron chi connectivity index (χ0n) is 14.2. The van der Waals surface area contributed by atoms with E-state index in [-0.39, 0.29) is 12.0 Å². The van der Waals surface area contributed by atoms with E-state index < -0.39 is 0 Å². The minimum Gasteiger partial charge on any atom is -0.487 e. The Hall–Kier alpha value is -2.43. The topological polar surface area (TPSA) is 64.1 Å². The van der Waals surface area contributed by atoms with Crippen molar-refractivity contribution in [2.24, 2.45) is 5.92 Å². The zero-order chi connectivity index (χ0) is 16.9. The maximum absolute atomic E-state index is 11.9. The van der Waals surface area contributed by atoms with E-state index in [2.05, 4.69) is 35.2 Å². The first-order chi connectivity index (χ1) is 11.7. The summed E-state index contributed by atoms with van der Waals surface area (Å²) >= 11 is 0. The Labute approximate surface area is 142 Å². The molecule has 1 N–H and O–H groups in total. The SMILES string of the molecule is CCC(C)CC(=O)NCC1Cc2cccc(-c3ncccn3)c2O1. The van der Waals surface area contributed by atoms with Gasteiger partial charge in [0, 0.05) is 25.2 Å². The first-order valence-electron chi connectivity index (χ1n) is 8.50. The summed E-state index contributed by atoms with van der Waals surface area (Å²) in [4.78, 5) is 20.6. The second-order valence-corrected chi connectivity index (χ2v) is 6.33. The second kappa shape index (κ2) is 7.43. The average Bonchev–Trinajstić information content (AvgIpc) is 3.03. The highest BCUT2D eigenvalue weighted by Gasteiger charge is 2.26. The van der Waals surface area contributed by atoms with E-state index in [0.29, 0.717) is 24.7 Å². The van der Waals surface area contributed by atoms with Crippen molar-refractivity contribution in [2.45, 2.75) is 39.2 Å². The molecule has 24 heavy (non-hydrogen) atoms. The van der Waals surface area contributed by atoms with Crippen LogP contribution in [0.2, 0.25) is 0 Å². The molecule has 1 aromatic carbocycles. The van der Waals surface area contributed by atoms with Crippen molar-refractivity contribution in [3.8, 4) is 17.1 Å². The molecule has 2 atom stereocenters. The van der Waals surface area contributed by atoms with Crippen LogP contribution >= 0.6 is 0 Å². The Kier molecular flexibility index (Phi) is 5.08. The lowest BCUT2D eigenvalue weighted by Crippen LogP contribution is -2.35.